The molecule has 3 nitrogen and oxygen atoms in total. The number of hydrogen-bond donors (Lipinski definition) is 1. The first-order valence-electron chi connectivity index (χ1n) is 8.59. The smallest absolute Gasteiger partial charge is 0.418 e. The Hall–Kier alpha value is -2.54. The predicted molar refractivity (Wildman–Crippen MR) is 95.9 cm³/mol. The van der Waals surface area contributed by atoms with Crippen LogP contribution in [-0.2, 0) is 23.8 Å². The summed E-state index contributed by atoms with van der Waals surface area (Å²) in [6, 6.07) is 7.85. The first-order chi connectivity index (χ1) is 13.2. The Morgan fingerprint density at radius 1 is 1.21 bits per heavy atom. The number of benzene rings is 2. The predicted octanol–water partition coefficient (Wildman–Crippen LogP) is 5.69. The summed E-state index contributed by atoms with van der Waals surface area (Å²) in [6.07, 6.45) is -4.05. The van der Waals surface area contributed by atoms with Gasteiger partial charge in [-0.2, -0.15) is 13.2 Å². The summed E-state index contributed by atoms with van der Waals surface area (Å²) in [5, 5.41) is 0.341. The number of fused-ring (bicyclic) bond motifs is 3. The maximum atomic E-state index is 13.8. The van der Waals surface area contributed by atoms with Crippen molar-refractivity contribution in [3.63, 3.8) is 0 Å². The summed E-state index contributed by atoms with van der Waals surface area (Å²) in [5.74, 6) is -1.47. The van der Waals surface area contributed by atoms with E-state index in [0.29, 0.717) is 29.5 Å². The normalized spacial score (nSPS) is 16.8. The van der Waals surface area contributed by atoms with E-state index in [1.54, 1.807) is 0 Å². The monoisotopic (exact) mass is 411 g/mol. The fraction of sp³-hybridized carbons (Fsp3) is 0.250. The molecule has 1 unspecified atom stereocenters. The summed E-state index contributed by atoms with van der Waals surface area (Å²) < 4.78 is 59.2. The molecule has 28 heavy (non-hydrogen) atoms. The molecule has 4 rings (SSSR count). The molecule has 0 aliphatic heterocycles. The van der Waals surface area contributed by atoms with Crippen LogP contribution < -0.4 is 0 Å². The van der Waals surface area contributed by atoms with Gasteiger partial charge in [-0.25, -0.2) is 9.18 Å². The fourth-order valence-corrected chi connectivity index (χ4v) is 3.83. The second kappa shape index (κ2) is 6.81. The topological polar surface area (TPSA) is 42.1 Å². The number of carbonyl (C=O) groups excluding carboxylic acids is 1. The molecule has 1 heterocycles. The van der Waals surface area contributed by atoms with Crippen LogP contribution in [-0.4, -0.2) is 17.1 Å². The summed E-state index contributed by atoms with van der Waals surface area (Å²) in [5.41, 5.74) is 0.281. The molecule has 146 valence electrons. The van der Waals surface area contributed by atoms with E-state index >= 15 is 0 Å². The molecule has 0 radical (unpaired) electrons. The minimum Gasteiger partial charge on any atom is -0.458 e. The van der Waals surface area contributed by atoms with Crippen molar-refractivity contribution in [1.29, 1.82) is 0 Å². The van der Waals surface area contributed by atoms with Gasteiger partial charge in [-0.15, -0.1) is 0 Å². The zero-order valence-corrected chi connectivity index (χ0v) is 15.1. The van der Waals surface area contributed by atoms with Gasteiger partial charge < -0.3 is 9.72 Å². The lowest BCUT2D eigenvalue weighted by Gasteiger charge is -2.23. The minimum absolute atomic E-state index is 0.0212. The first-order valence-corrected chi connectivity index (χ1v) is 8.97. The molecule has 0 bridgehead atoms. The maximum Gasteiger partial charge on any atom is 0.418 e. The number of aromatic amines is 1. The quantitative estimate of drug-likeness (QED) is 0.434. The van der Waals surface area contributed by atoms with Gasteiger partial charge in [0.1, 0.15) is 11.9 Å². The van der Waals surface area contributed by atoms with Crippen LogP contribution in [0.25, 0.3) is 10.9 Å². The molecule has 0 amide bonds. The molecule has 1 N–H and O–H groups in total. The number of nitrogens with one attached hydrogen (secondary N) is 1. The Morgan fingerprint density at radius 2 is 1.96 bits per heavy atom. The number of halogens is 5. The van der Waals surface area contributed by atoms with Gasteiger partial charge in [0.15, 0.2) is 0 Å². The Labute approximate surface area is 162 Å². The lowest BCUT2D eigenvalue weighted by molar-refractivity contribution is -0.136. The second-order valence-corrected chi connectivity index (χ2v) is 7.14. The average Bonchev–Trinajstić information content (AvgIpc) is 2.98. The number of esters is 1. The van der Waals surface area contributed by atoms with Crippen molar-refractivity contribution >= 4 is 28.5 Å². The summed E-state index contributed by atoms with van der Waals surface area (Å²) in [7, 11) is 0. The minimum atomic E-state index is -4.55. The van der Waals surface area contributed by atoms with Gasteiger partial charge in [-0.1, -0.05) is 23.7 Å². The molecule has 1 atom stereocenters. The Kier molecular flexibility index (Phi) is 4.57. The maximum absolute atomic E-state index is 13.8. The van der Waals surface area contributed by atoms with E-state index in [-0.39, 0.29) is 22.5 Å². The van der Waals surface area contributed by atoms with Crippen molar-refractivity contribution in [2.45, 2.75) is 31.5 Å². The molecule has 3 aromatic rings. The van der Waals surface area contributed by atoms with Crippen LogP contribution >= 0.6 is 11.6 Å². The van der Waals surface area contributed by atoms with Crippen LogP contribution in [0.2, 0.25) is 5.02 Å². The number of ether oxygens (including phenoxy) is 1. The van der Waals surface area contributed by atoms with Gasteiger partial charge >= 0.3 is 12.1 Å². The molecule has 8 heteroatoms. The fourth-order valence-electron chi connectivity index (χ4n) is 3.62. The highest BCUT2D eigenvalue weighted by atomic mass is 35.5. The molecule has 1 aromatic heterocycles. The van der Waals surface area contributed by atoms with E-state index in [2.05, 4.69) is 4.98 Å². The third kappa shape index (κ3) is 3.35. The number of hydrogen-bond acceptors (Lipinski definition) is 2. The summed E-state index contributed by atoms with van der Waals surface area (Å²) >= 11 is 5.91. The SMILES string of the molecule is O=C(OC1CCc2[nH]c3c(C(F)(F)F)cc(Cl)cc3c2C1)c1ccccc1F. The standard InChI is InChI=1S/C20H14ClF4NO2/c21-10-7-14-13-9-11(28-19(27)12-3-1-2-4-16(12)22)5-6-17(13)26-18(14)15(8-10)20(23,24)25/h1-4,7-8,11,26H,5-6,9H2. The lowest BCUT2D eigenvalue weighted by Crippen LogP contribution is -2.25. The highest BCUT2D eigenvalue weighted by molar-refractivity contribution is 6.31. The number of alkyl halides is 3. The van der Waals surface area contributed by atoms with Crippen LogP contribution in [0.1, 0.15) is 33.6 Å². The third-order valence-electron chi connectivity index (χ3n) is 4.89. The zero-order chi connectivity index (χ0) is 20.1. The Balaban J connectivity index is 1.65. The van der Waals surface area contributed by atoms with E-state index < -0.39 is 29.6 Å². The van der Waals surface area contributed by atoms with Crippen LogP contribution in [0.15, 0.2) is 36.4 Å². The number of aryl methyl sites for hydroxylation is 1. The molecule has 0 saturated carbocycles. The Bertz CT molecular complexity index is 1070. The highest BCUT2D eigenvalue weighted by Crippen LogP contribution is 2.40. The van der Waals surface area contributed by atoms with E-state index in [1.807, 2.05) is 0 Å². The first kappa shape index (κ1) is 18.8. The van der Waals surface area contributed by atoms with Gasteiger partial charge in [-0.05, 0) is 42.7 Å². The molecular weight excluding hydrogens is 398 g/mol. The molecule has 1 aliphatic carbocycles. The average molecular weight is 412 g/mol. The molecule has 0 saturated heterocycles. The molecule has 0 spiro atoms. The van der Waals surface area contributed by atoms with Gasteiger partial charge in [0, 0.05) is 22.5 Å². The van der Waals surface area contributed by atoms with Gasteiger partial charge in [0.05, 0.1) is 16.6 Å². The molecule has 2 aromatic carbocycles. The second-order valence-electron chi connectivity index (χ2n) is 6.71. The van der Waals surface area contributed by atoms with E-state index in [4.69, 9.17) is 16.3 Å². The van der Waals surface area contributed by atoms with E-state index in [9.17, 15) is 22.4 Å². The van der Waals surface area contributed by atoms with Crippen molar-refractivity contribution in [3.8, 4) is 0 Å². The Morgan fingerprint density at radius 3 is 2.68 bits per heavy atom. The van der Waals surface area contributed by atoms with Crippen LogP contribution in [0.5, 0.6) is 0 Å². The molecule has 0 fully saturated rings. The number of rotatable bonds is 2. The summed E-state index contributed by atoms with van der Waals surface area (Å²) in [4.78, 5) is 15.1. The van der Waals surface area contributed by atoms with E-state index in [0.717, 1.165) is 12.1 Å². The summed E-state index contributed by atoms with van der Waals surface area (Å²) in [6.45, 7) is 0. The number of H-pyrrole nitrogens is 1. The van der Waals surface area contributed by atoms with Gasteiger partial charge in [0.2, 0.25) is 0 Å². The van der Waals surface area contributed by atoms with Crippen molar-refractivity contribution in [1.82, 2.24) is 4.98 Å². The van der Waals surface area contributed by atoms with E-state index in [1.165, 1.54) is 24.3 Å². The molecule has 1 aliphatic rings. The third-order valence-corrected chi connectivity index (χ3v) is 5.11. The van der Waals surface area contributed by atoms with Crippen molar-refractivity contribution in [2.75, 3.05) is 0 Å². The number of aromatic nitrogens is 1. The zero-order valence-electron chi connectivity index (χ0n) is 14.4. The van der Waals surface area contributed by atoms with Crippen LogP contribution in [0, 0.1) is 5.82 Å². The van der Waals surface area contributed by atoms with Crippen LogP contribution in [0.4, 0.5) is 17.6 Å². The van der Waals surface area contributed by atoms with Crippen molar-refractivity contribution in [3.05, 3.63) is 69.6 Å². The van der Waals surface area contributed by atoms with Gasteiger partial charge in [-0.3, -0.25) is 0 Å². The lowest BCUT2D eigenvalue weighted by atomic mass is 9.92. The largest absolute Gasteiger partial charge is 0.458 e. The van der Waals surface area contributed by atoms with Gasteiger partial charge in [0.25, 0.3) is 0 Å². The number of carbonyl (C=O) groups is 1. The van der Waals surface area contributed by atoms with Crippen LogP contribution in [0.3, 0.4) is 0 Å². The highest BCUT2D eigenvalue weighted by Gasteiger charge is 2.35. The van der Waals surface area contributed by atoms with Crippen molar-refractivity contribution in [2.24, 2.45) is 0 Å². The van der Waals surface area contributed by atoms with Crippen molar-refractivity contribution < 1.29 is 27.1 Å². The molecular formula is C20H14ClF4NO2.